The summed E-state index contributed by atoms with van der Waals surface area (Å²) in [5, 5.41) is 6.02. The standard InChI is InChI=1S/C13H11BrF3N3O/c14-10-3-1-9(2-4-10)12(21)18-6-8-20-7-5-11(19-20)13(15,16)17/h1-5,7H,6,8H2,(H,18,21). The molecule has 0 saturated heterocycles. The lowest BCUT2D eigenvalue weighted by molar-refractivity contribution is -0.141. The first kappa shape index (κ1) is 15.6. The van der Waals surface area contributed by atoms with Crippen LogP contribution in [-0.2, 0) is 12.7 Å². The van der Waals surface area contributed by atoms with E-state index in [-0.39, 0.29) is 19.0 Å². The monoisotopic (exact) mass is 361 g/mol. The van der Waals surface area contributed by atoms with Gasteiger partial charge in [-0.25, -0.2) is 0 Å². The number of aromatic nitrogens is 2. The van der Waals surface area contributed by atoms with Gasteiger partial charge >= 0.3 is 6.18 Å². The van der Waals surface area contributed by atoms with E-state index in [2.05, 4.69) is 26.3 Å². The second-order valence-corrected chi connectivity index (χ2v) is 5.14. The van der Waals surface area contributed by atoms with E-state index in [0.717, 1.165) is 15.2 Å². The van der Waals surface area contributed by atoms with Crippen molar-refractivity contribution in [2.45, 2.75) is 12.7 Å². The van der Waals surface area contributed by atoms with E-state index >= 15 is 0 Å². The third kappa shape index (κ3) is 4.32. The van der Waals surface area contributed by atoms with Crippen LogP contribution in [0, 0.1) is 0 Å². The Morgan fingerprint density at radius 1 is 1.24 bits per heavy atom. The fraction of sp³-hybridized carbons (Fsp3) is 0.231. The number of halogens is 4. The lowest BCUT2D eigenvalue weighted by Gasteiger charge is -2.06. The third-order valence-electron chi connectivity index (χ3n) is 2.66. The number of carbonyl (C=O) groups is 1. The Morgan fingerprint density at radius 3 is 2.48 bits per heavy atom. The van der Waals surface area contributed by atoms with Gasteiger partial charge in [0.25, 0.3) is 5.91 Å². The number of benzene rings is 1. The average molecular weight is 362 g/mol. The Hall–Kier alpha value is -1.83. The minimum Gasteiger partial charge on any atom is -0.350 e. The maximum absolute atomic E-state index is 12.4. The van der Waals surface area contributed by atoms with E-state index in [4.69, 9.17) is 0 Å². The summed E-state index contributed by atoms with van der Waals surface area (Å²) in [4.78, 5) is 11.8. The third-order valence-corrected chi connectivity index (χ3v) is 3.19. The first-order valence-electron chi connectivity index (χ1n) is 6.01. The van der Waals surface area contributed by atoms with E-state index in [1.54, 1.807) is 24.3 Å². The molecule has 1 N–H and O–H groups in total. The van der Waals surface area contributed by atoms with E-state index in [0.29, 0.717) is 5.56 Å². The Bertz CT molecular complexity index is 622. The summed E-state index contributed by atoms with van der Waals surface area (Å²) < 4.78 is 39.1. The van der Waals surface area contributed by atoms with Gasteiger partial charge in [0.2, 0.25) is 0 Å². The molecule has 8 heteroatoms. The Morgan fingerprint density at radius 2 is 1.90 bits per heavy atom. The molecule has 21 heavy (non-hydrogen) atoms. The summed E-state index contributed by atoms with van der Waals surface area (Å²) in [5.41, 5.74) is -0.462. The molecule has 1 heterocycles. The second kappa shape index (κ2) is 6.30. The summed E-state index contributed by atoms with van der Waals surface area (Å²) in [7, 11) is 0. The molecule has 0 bridgehead atoms. The SMILES string of the molecule is O=C(NCCn1ccc(C(F)(F)F)n1)c1ccc(Br)cc1. The molecule has 0 fully saturated rings. The first-order valence-corrected chi connectivity index (χ1v) is 6.80. The largest absolute Gasteiger partial charge is 0.435 e. The van der Waals surface area contributed by atoms with Crippen LogP contribution < -0.4 is 5.32 Å². The van der Waals surface area contributed by atoms with Gasteiger partial charge in [-0.2, -0.15) is 18.3 Å². The van der Waals surface area contributed by atoms with Crippen LogP contribution in [0.15, 0.2) is 41.0 Å². The van der Waals surface area contributed by atoms with E-state index < -0.39 is 11.9 Å². The van der Waals surface area contributed by atoms with Gasteiger partial charge in [-0.05, 0) is 30.3 Å². The molecule has 0 atom stereocenters. The molecular weight excluding hydrogens is 351 g/mol. The van der Waals surface area contributed by atoms with Crippen LogP contribution >= 0.6 is 15.9 Å². The quantitative estimate of drug-likeness (QED) is 0.909. The smallest absolute Gasteiger partial charge is 0.350 e. The van der Waals surface area contributed by atoms with Crippen molar-refractivity contribution < 1.29 is 18.0 Å². The van der Waals surface area contributed by atoms with Crippen molar-refractivity contribution in [2.24, 2.45) is 0 Å². The first-order chi connectivity index (χ1) is 9.86. The second-order valence-electron chi connectivity index (χ2n) is 4.22. The Labute approximate surface area is 127 Å². The van der Waals surface area contributed by atoms with Crippen molar-refractivity contribution in [2.75, 3.05) is 6.54 Å². The molecule has 0 aliphatic heterocycles. The van der Waals surface area contributed by atoms with E-state index in [9.17, 15) is 18.0 Å². The van der Waals surface area contributed by atoms with Crippen LogP contribution in [0.1, 0.15) is 16.1 Å². The van der Waals surface area contributed by atoms with Gasteiger partial charge in [0.1, 0.15) is 0 Å². The van der Waals surface area contributed by atoms with Crippen LogP contribution in [0.5, 0.6) is 0 Å². The molecule has 0 radical (unpaired) electrons. The van der Waals surface area contributed by atoms with Gasteiger partial charge < -0.3 is 5.32 Å². The lowest BCUT2D eigenvalue weighted by Crippen LogP contribution is -2.27. The zero-order valence-corrected chi connectivity index (χ0v) is 12.3. The minimum absolute atomic E-state index is 0.165. The summed E-state index contributed by atoms with van der Waals surface area (Å²) in [6, 6.07) is 7.66. The minimum atomic E-state index is -4.45. The van der Waals surface area contributed by atoms with Crippen molar-refractivity contribution >= 4 is 21.8 Å². The number of hydrogen-bond donors (Lipinski definition) is 1. The molecule has 2 aromatic rings. The zero-order valence-electron chi connectivity index (χ0n) is 10.7. The maximum Gasteiger partial charge on any atom is 0.435 e. The van der Waals surface area contributed by atoms with Gasteiger partial charge in [0.15, 0.2) is 5.69 Å². The number of nitrogens with one attached hydrogen (secondary N) is 1. The van der Waals surface area contributed by atoms with Gasteiger partial charge in [-0.15, -0.1) is 0 Å². The highest BCUT2D eigenvalue weighted by atomic mass is 79.9. The fourth-order valence-electron chi connectivity index (χ4n) is 1.62. The van der Waals surface area contributed by atoms with Gasteiger partial charge in [-0.3, -0.25) is 9.48 Å². The molecule has 2 rings (SSSR count). The van der Waals surface area contributed by atoms with Gasteiger partial charge in [-0.1, -0.05) is 15.9 Å². The van der Waals surface area contributed by atoms with E-state index in [1.807, 2.05) is 0 Å². The predicted octanol–water partition coefficient (Wildman–Crippen LogP) is 3.09. The molecule has 4 nitrogen and oxygen atoms in total. The molecule has 0 saturated carbocycles. The van der Waals surface area contributed by atoms with Gasteiger partial charge in [0.05, 0.1) is 6.54 Å². The summed E-state index contributed by atoms with van der Waals surface area (Å²) in [5.74, 6) is -0.286. The number of alkyl halides is 3. The lowest BCUT2D eigenvalue weighted by atomic mass is 10.2. The van der Waals surface area contributed by atoms with Crippen molar-refractivity contribution in [1.82, 2.24) is 15.1 Å². The van der Waals surface area contributed by atoms with Crippen molar-refractivity contribution in [3.63, 3.8) is 0 Å². The fourth-order valence-corrected chi connectivity index (χ4v) is 1.89. The maximum atomic E-state index is 12.4. The van der Waals surface area contributed by atoms with Crippen molar-refractivity contribution in [1.29, 1.82) is 0 Å². The molecular formula is C13H11BrF3N3O. The highest BCUT2D eigenvalue weighted by molar-refractivity contribution is 9.10. The topological polar surface area (TPSA) is 46.9 Å². The van der Waals surface area contributed by atoms with Gasteiger partial charge in [0, 0.05) is 22.8 Å². The summed E-state index contributed by atoms with van der Waals surface area (Å²) in [6.45, 7) is 0.353. The molecule has 1 aromatic heterocycles. The van der Waals surface area contributed by atoms with Crippen LogP contribution in [0.2, 0.25) is 0 Å². The molecule has 112 valence electrons. The van der Waals surface area contributed by atoms with Crippen LogP contribution in [0.3, 0.4) is 0 Å². The summed E-state index contributed by atoms with van der Waals surface area (Å²) in [6.07, 6.45) is -3.22. The number of nitrogens with zero attached hydrogens (tertiary/aromatic N) is 2. The molecule has 1 aromatic carbocycles. The van der Waals surface area contributed by atoms with Crippen LogP contribution in [0.4, 0.5) is 13.2 Å². The highest BCUT2D eigenvalue weighted by Gasteiger charge is 2.33. The molecule has 0 aliphatic rings. The molecule has 1 amide bonds. The van der Waals surface area contributed by atoms with Crippen molar-refractivity contribution in [3.05, 3.63) is 52.3 Å². The molecule has 0 unspecified atom stereocenters. The normalized spacial score (nSPS) is 11.4. The van der Waals surface area contributed by atoms with Crippen LogP contribution in [-0.4, -0.2) is 22.2 Å². The number of rotatable bonds is 4. The highest BCUT2D eigenvalue weighted by Crippen LogP contribution is 2.27. The number of hydrogen-bond acceptors (Lipinski definition) is 2. The predicted molar refractivity (Wildman–Crippen MR) is 73.7 cm³/mol. The average Bonchev–Trinajstić information content (AvgIpc) is 2.88. The summed E-state index contributed by atoms with van der Waals surface area (Å²) >= 11 is 3.26. The van der Waals surface area contributed by atoms with E-state index in [1.165, 1.54) is 6.20 Å². The Kier molecular flexibility index (Phi) is 4.66. The Balaban J connectivity index is 1.85. The van der Waals surface area contributed by atoms with Crippen LogP contribution in [0.25, 0.3) is 0 Å². The number of carbonyl (C=O) groups excluding carboxylic acids is 1. The van der Waals surface area contributed by atoms with Crippen molar-refractivity contribution in [3.8, 4) is 0 Å². The zero-order chi connectivity index (χ0) is 15.5. The number of amides is 1. The molecule has 0 aliphatic carbocycles. The molecule has 0 spiro atoms.